The fraction of sp³-hybridized carbons (Fsp3) is 0.900. The van der Waals surface area contributed by atoms with E-state index in [1.807, 2.05) is 6.92 Å². The third-order valence-corrected chi connectivity index (χ3v) is 3.32. The maximum Gasteiger partial charge on any atom is 0.312 e. The lowest BCUT2D eigenvalue weighted by Gasteiger charge is -2.40. The second-order valence-electron chi connectivity index (χ2n) is 4.54. The Kier molecular flexibility index (Phi) is 2.49. The average Bonchev–Trinajstić information content (AvgIpc) is 2.43. The third-order valence-electron chi connectivity index (χ3n) is 3.32. The summed E-state index contributed by atoms with van der Waals surface area (Å²) in [6.07, 6.45) is 3.20. The van der Waals surface area contributed by atoms with Crippen LogP contribution in [0.15, 0.2) is 0 Å². The molecule has 2 aliphatic heterocycles. The van der Waals surface area contributed by atoms with Gasteiger partial charge in [0, 0.05) is 13.1 Å². The molecule has 2 aliphatic rings. The van der Waals surface area contributed by atoms with Crippen LogP contribution in [0.3, 0.4) is 0 Å². The Balaban J connectivity index is 1.92. The van der Waals surface area contributed by atoms with Crippen LogP contribution in [-0.4, -0.2) is 36.4 Å². The minimum Gasteiger partial charge on any atom is -0.481 e. The second kappa shape index (κ2) is 3.51. The number of aliphatic carboxylic acids is 1. The molecule has 4 nitrogen and oxygen atoms in total. The molecule has 2 unspecified atom stereocenters. The van der Waals surface area contributed by atoms with E-state index in [4.69, 9.17) is 9.84 Å². The van der Waals surface area contributed by atoms with Crippen LogP contribution in [0.25, 0.3) is 0 Å². The van der Waals surface area contributed by atoms with Crippen LogP contribution in [0.1, 0.15) is 26.2 Å². The first-order valence-corrected chi connectivity index (χ1v) is 5.22. The van der Waals surface area contributed by atoms with E-state index in [1.54, 1.807) is 0 Å². The summed E-state index contributed by atoms with van der Waals surface area (Å²) in [5.74, 6) is -0.681. The smallest absolute Gasteiger partial charge is 0.312 e. The van der Waals surface area contributed by atoms with Crippen molar-refractivity contribution in [1.29, 1.82) is 0 Å². The number of hydrogen-bond donors (Lipinski definition) is 2. The molecule has 80 valence electrons. The molecule has 2 atom stereocenters. The van der Waals surface area contributed by atoms with Crippen LogP contribution in [0.2, 0.25) is 0 Å². The van der Waals surface area contributed by atoms with Gasteiger partial charge in [0.1, 0.15) is 0 Å². The SMILES string of the molecule is CC1CCC(CC2(C(=O)O)CNC2)O1. The summed E-state index contributed by atoms with van der Waals surface area (Å²) in [4.78, 5) is 11.1. The van der Waals surface area contributed by atoms with Gasteiger partial charge in [-0.05, 0) is 26.2 Å². The van der Waals surface area contributed by atoms with Gasteiger partial charge in [-0.15, -0.1) is 0 Å². The molecule has 0 spiro atoms. The Morgan fingerprint density at radius 1 is 1.57 bits per heavy atom. The second-order valence-corrected chi connectivity index (χ2v) is 4.54. The van der Waals surface area contributed by atoms with Gasteiger partial charge in [-0.3, -0.25) is 4.79 Å². The topological polar surface area (TPSA) is 58.6 Å². The molecule has 4 heteroatoms. The van der Waals surface area contributed by atoms with Crippen LogP contribution in [0, 0.1) is 5.41 Å². The van der Waals surface area contributed by atoms with E-state index in [0.29, 0.717) is 25.6 Å². The van der Waals surface area contributed by atoms with Gasteiger partial charge >= 0.3 is 5.97 Å². The van der Waals surface area contributed by atoms with Crippen molar-refractivity contribution in [2.45, 2.75) is 38.4 Å². The van der Waals surface area contributed by atoms with E-state index in [0.717, 1.165) is 12.8 Å². The van der Waals surface area contributed by atoms with E-state index in [1.165, 1.54) is 0 Å². The molecule has 2 rings (SSSR count). The fourth-order valence-electron chi connectivity index (χ4n) is 2.28. The number of nitrogens with one attached hydrogen (secondary N) is 1. The lowest BCUT2D eigenvalue weighted by molar-refractivity contribution is -0.155. The summed E-state index contributed by atoms with van der Waals surface area (Å²) >= 11 is 0. The summed E-state index contributed by atoms with van der Waals surface area (Å²) < 4.78 is 5.65. The fourth-order valence-corrected chi connectivity index (χ4v) is 2.28. The van der Waals surface area contributed by atoms with Crippen LogP contribution in [0.5, 0.6) is 0 Å². The summed E-state index contributed by atoms with van der Waals surface area (Å²) in [7, 11) is 0. The number of rotatable bonds is 3. The van der Waals surface area contributed by atoms with E-state index in [2.05, 4.69) is 5.32 Å². The number of carbonyl (C=O) groups is 1. The molecule has 0 bridgehead atoms. The van der Waals surface area contributed by atoms with Gasteiger partial charge in [0.2, 0.25) is 0 Å². The lowest BCUT2D eigenvalue weighted by Crippen LogP contribution is -2.59. The summed E-state index contributed by atoms with van der Waals surface area (Å²) in [6, 6.07) is 0. The zero-order valence-corrected chi connectivity index (χ0v) is 8.45. The van der Waals surface area contributed by atoms with Crippen molar-refractivity contribution >= 4 is 5.97 Å². The van der Waals surface area contributed by atoms with Crippen molar-refractivity contribution in [3.8, 4) is 0 Å². The molecule has 0 radical (unpaired) electrons. The van der Waals surface area contributed by atoms with E-state index < -0.39 is 11.4 Å². The highest BCUT2D eigenvalue weighted by molar-refractivity contribution is 5.76. The van der Waals surface area contributed by atoms with E-state index in [9.17, 15) is 4.79 Å². The molecule has 0 amide bonds. The highest BCUT2D eigenvalue weighted by atomic mass is 16.5. The lowest BCUT2D eigenvalue weighted by atomic mass is 9.76. The van der Waals surface area contributed by atoms with Crippen LogP contribution < -0.4 is 5.32 Å². The van der Waals surface area contributed by atoms with Crippen molar-refractivity contribution in [1.82, 2.24) is 5.32 Å². The summed E-state index contributed by atoms with van der Waals surface area (Å²) in [5, 5.41) is 12.1. The van der Waals surface area contributed by atoms with Gasteiger partial charge in [0.05, 0.1) is 17.6 Å². The molecule has 0 aromatic heterocycles. The molecule has 0 aliphatic carbocycles. The molecule has 2 fully saturated rings. The molecular formula is C10H17NO3. The monoisotopic (exact) mass is 199 g/mol. The Bertz CT molecular complexity index is 238. The Hall–Kier alpha value is -0.610. The summed E-state index contributed by atoms with van der Waals surface area (Å²) in [5.41, 5.74) is -0.547. The third kappa shape index (κ3) is 1.64. The van der Waals surface area contributed by atoms with Crippen molar-refractivity contribution in [2.75, 3.05) is 13.1 Å². The average molecular weight is 199 g/mol. The predicted molar refractivity (Wildman–Crippen MR) is 51.1 cm³/mol. The number of carboxylic acid groups (broad SMARTS) is 1. The normalized spacial score (nSPS) is 35.2. The Morgan fingerprint density at radius 2 is 2.29 bits per heavy atom. The largest absolute Gasteiger partial charge is 0.481 e. The van der Waals surface area contributed by atoms with E-state index in [-0.39, 0.29) is 6.10 Å². The van der Waals surface area contributed by atoms with Crippen molar-refractivity contribution in [3.05, 3.63) is 0 Å². The molecule has 0 aromatic rings. The molecular weight excluding hydrogens is 182 g/mol. The minimum atomic E-state index is -0.681. The van der Waals surface area contributed by atoms with Gasteiger partial charge in [-0.2, -0.15) is 0 Å². The quantitative estimate of drug-likeness (QED) is 0.699. The molecule has 2 N–H and O–H groups in total. The zero-order valence-electron chi connectivity index (χ0n) is 8.45. The number of carboxylic acids is 1. The Labute approximate surface area is 83.6 Å². The zero-order chi connectivity index (χ0) is 10.2. The Morgan fingerprint density at radius 3 is 2.64 bits per heavy atom. The van der Waals surface area contributed by atoms with Gasteiger partial charge in [-0.25, -0.2) is 0 Å². The highest BCUT2D eigenvalue weighted by Gasteiger charge is 2.47. The molecule has 14 heavy (non-hydrogen) atoms. The molecule has 2 saturated heterocycles. The van der Waals surface area contributed by atoms with Crippen LogP contribution in [-0.2, 0) is 9.53 Å². The van der Waals surface area contributed by atoms with Crippen molar-refractivity contribution in [2.24, 2.45) is 5.41 Å². The van der Waals surface area contributed by atoms with Crippen molar-refractivity contribution < 1.29 is 14.6 Å². The predicted octanol–water partition coefficient (Wildman–Crippen LogP) is 0.618. The summed E-state index contributed by atoms with van der Waals surface area (Å²) in [6.45, 7) is 3.24. The maximum absolute atomic E-state index is 11.1. The molecule has 0 aromatic carbocycles. The first-order valence-electron chi connectivity index (χ1n) is 5.22. The van der Waals surface area contributed by atoms with Gasteiger partial charge in [-0.1, -0.05) is 0 Å². The first-order chi connectivity index (χ1) is 6.62. The van der Waals surface area contributed by atoms with Gasteiger partial charge in [0.25, 0.3) is 0 Å². The number of hydrogen-bond acceptors (Lipinski definition) is 3. The van der Waals surface area contributed by atoms with Gasteiger partial charge in [0.15, 0.2) is 0 Å². The number of ether oxygens (including phenoxy) is 1. The van der Waals surface area contributed by atoms with Crippen LogP contribution >= 0.6 is 0 Å². The van der Waals surface area contributed by atoms with Gasteiger partial charge < -0.3 is 15.2 Å². The first kappa shape index (κ1) is 9.93. The highest BCUT2D eigenvalue weighted by Crippen LogP contribution is 2.34. The standard InChI is InChI=1S/C10H17NO3/c1-7-2-3-8(14-7)4-10(9(12)13)5-11-6-10/h7-8,11H,2-6H2,1H3,(H,12,13). The maximum atomic E-state index is 11.1. The molecule has 2 heterocycles. The minimum absolute atomic E-state index is 0.156. The van der Waals surface area contributed by atoms with Crippen molar-refractivity contribution in [3.63, 3.8) is 0 Å². The molecule has 0 saturated carbocycles. The van der Waals surface area contributed by atoms with E-state index >= 15 is 0 Å². The van der Waals surface area contributed by atoms with Crippen LogP contribution in [0.4, 0.5) is 0 Å².